The van der Waals surface area contributed by atoms with Gasteiger partial charge in [0.2, 0.25) is 5.96 Å². The summed E-state index contributed by atoms with van der Waals surface area (Å²) in [4.78, 5) is 7.22. The lowest BCUT2D eigenvalue weighted by atomic mass is 10.0. The number of nitrogens with two attached hydrogens (primary N) is 1. The monoisotopic (exact) mass is 287 g/mol. The first-order valence-electron chi connectivity index (χ1n) is 7.91. The Morgan fingerprint density at radius 2 is 1.86 bits per heavy atom. The van der Waals surface area contributed by atoms with Gasteiger partial charge in [-0.1, -0.05) is 30.3 Å². The molecular formula is C16H25N5. The summed E-state index contributed by atoms with van der Waals surface area (Å²) in [6.07, 6.45) is 4.67. The molecule has 1 aromatic carbocycles. The van der Waals surface area contributed by atoms with Crippen molar-refractivity contribution in [3.63, 3.8) is 0 Å². The number of piperidine rings is 1. The summed E-state index contributed by atoms with van der Waals surface area (Å²) in [5, 5.41) is 3.34. The van der Waals surface area contributed by atoms with Crippen LogP contribution in [0, 0.1) is 0 Å². The van der Waals surface area contributed by atoms with E-state index in [1.54, 1.807) is 0 Å². The molecule has 4 N–H and O–H groups in total. The second-order valence-corrected chi connectivity index (χ2v) is 6.03. The first kappa shape index (κ1) is 14.4. The minimum absolute atomic E-state index is 0.384. The van der Waals surface area contributed by atoms with Gasteiger partial charge in [-0.2, -0.15) is 0 Å². The highest BCUT2D eigenvalue weighted by atomic mass is 15.3. The quantitative estimate of drug-likeness (QED) is 0.337. The maximum absolute atomic E-state index is 5.54. The Balaban J connectivity index is 1.46. The molecule has 2 fully saturated rings. The lowest BCUT2D eigenvalue weighted by molar-refractivity contribution is 0.206. The van der Waals surface area contributed by atoms with E-state index in [0.29, 0.717) is 12.1 Å². The fourth-order valence-corrected chi connectivity index (χ4v) is 2.77. The first-order valence-corrected chi connectivity index (χ1v) is 7.91. The van der Waals surface area contributed by atoms with Crippen LogP contribution in [0.25, 0.3) is 0 Å². The van der Waals surface area contributed by atoms with Crippen molar-refractivity contribution >= 4 is 5.96 Å². The molecule has 0 radical (unpaired) electrons. The molecule has 5 nitrogen and oxygen atoms in total. The topological polar surface area (TPSA) is 65.7 Å². The van der Waals surface area contributed by atoms with Crippen LogP contribution in [0.15, 0.2) is 35.3 Å². The van der Waals surface area contributed by atoms with Crippen LogP contribution in [0.2, 0.25) is 0 Å². The zero-order valence-corrected chi connectivity index (χ0v) is 12.5. The van der Waals surface area contributed by atoms with E-state index in [4.69, 9.17) is 10.8 Å². The fraction of sp³-hybridized carbons (Fsp3) is 0.562. The number of nitrogens with one attached hydrogen (secondary N) is 2. The first-order chi connectivity index (χ1) is 10.3. The van der Waals surface area contributed by atoms with Gasteiger partial charge in [-0.15, -0.1) is 0 Å². The van der Waals surface area contributed by atoms with E-state index >= 15 is 0 Å². The van der Waals surface area contributed by atoms with E-state index < -0.39 is 0 Å². The van der Waals surface area contributed by atoms with Crippen LogP contribution in [-0.2, 0) is 6.54 Å². The van der Waals surface area contributed by atoms with Gasteiger partial charge in [-0.3, -0.25) is 10.3 Å². The highest BCUT2D eigenvalue weighted by Gasteiger charge is 2.24. The third-order valence-corrected chi connectivity index (χ3v) is 4.17. The van der Waals surface area contributed by atoms with Gasteiger partial charge in [0.15, 0.2) is 0 Å². The summed E-state index contributed by atoms with van der Waals surface area (Å²) in [6, 6.07) is 11.6. The number of rotatable bonds is 4. The SMILES string of the molecule is NNC(=NC1CCN(Cc2ccccc2)CC1)NC1CC1. The van der Waals surface area contributed by atoms with E-state index in [2.05, 4.69) is 46.0 Å². The van der Waals surface area contributed by atoms with Gasteiger partial charge in [0.25, 0.3) is 0 Å². The van der Waals surface area contributed by atoms with E-state index in [9.17, 15) is 0 Å². The van der Waals surface area contributed by atoms with Crippen LogP contribution in [0.3, 0.4) is 0 Å². The molecule has 1 aliphatic carbocycles. The average molecular weight is 287 g/mol. The molecule has 0 aromatic heterocycles. The number of benzene rings is 1. The third-order valence-electron chi connectivity index (χ3n) is 4.17. The van der Waals surface area contributed by atoms with Gasteiger partial charge in [-0.05, 0) is 31.2 Å². The van der Waals surface area contributed by atoms with Crippen LogP contribution >= 0.6 is 0 Å². The molecule has 0 amide bonds. The van der Waals surface area contributed by atoms with Crippen molar-refractivity contribution in [2.24, 2.45) is 10.8 Å². The molecule has 3 rings (SSSR count). The molecule has 5 heteroatoms. The normalized spacial score (nSPS) is 21.3. The van der Waals surface area contributed by atoms with E-state index in [-0.39, 0.29) is 0 Å². The largest absolute Gasteiger partial charge is 0.353 e. The van der Waals surface area contributed by atoms with Crippen LogP contribution in [0.5, 0.6) is 0 Å². The van der Waals surface area contributed by atoms with Crippen LogP contribution in [0.1, 0.15) is 31.2 Å². The van der Waals surface area contributed by atoms with Crippen molar-refractivity contribution in [2.45, 2.75) is 44.3 Å². The Bertz CT molecular complexity index is 461. The predicted octanol–water partition coefficient (Wildman–Crippen LogP) is 1.22. The summed E-state index contributed by atoms with van der Waals surface area (Å²) < 4.78 is 0. The van der Waals surface area contributed by atoms with Crippen LogP contribution in [0.4, 0.5) is 0 Å². The molecule has 1 saturated carbocycles. The summed E-state index contributed by atoms with van der Waals surface area (Å²) in [5.41, 5.74) is 4.09. The van der Waals surface area contributed by atoms with Gasteiger partial charge in [0.05, 0.1) is 6.04 Å². The Labute approximate surface area is 126 Å². The number of hydrogen-bond acceptors (Lipinski definition) is 3. The summed E-state index contributed by atoms with van der Waals surface area (Å²) >= 11 is 0. The molecular weight excluding hydrogens is 262 g/mol. The molecule has 0 unspecified atom stereocenters. The molecule has 21 heavy (non-hydrogen) atoms. The smallest absolute Gasteiger partial charge is 0.206 e. The second kappa shape index (κ2) is 6.91. The van der Waals surface area contributed by atoms with Gasteiger partial charge in [0, 0.05) is 25.7 Å². The van der Waals surface area contributed by atoms with Crippen molar-refractivity contribution < 1.29 is 0 Å². The summed E-state index contributed by atoms with van der Waals surface area (Å²) in [6.45, 7) is 3.24. The zero-order valence-electron chi connectivity index (χ0n) is 12.5. The average Bonchev–Trinajstić information content (AvgIpc) is 3.33. The number of aliphatic imine (C=N–C) groups is 1. The third kappa shape index (κ3) is 4.44. The molecule has 0 atom stereocenters. The number of likely N-dealkylation sites (tertiary alicyclic amines) is 1. The molecule has 1 aromatic rings. The fourth-order valence-electron chi connectivity index (χ4n) is 2.77. The van der Waals surface area contributed by atoms with E-state index in [1.165, 1.54) is 18.4 Å². The lowest BCUT2D eigenvalue weighted by Crippen LogP contribution is -2.44. The van der Waals surface area contributed by atoms with Crippen LogP contribution in [-0.4, -0.2) is 36.0 Å². The summed E-state index contributed by atoms with van der Waals surface area (Å²) in [7, 11) is 0. The molecule has 1 heterocycles. The van der Waals surface area contributed by atoms with Gasteiger partial charge < -0.3 is 5.32 Å². The molecule has 1 saturated heterocycles. The molecule has 114 valence electrons. The van der Waals surface area contributed by atoms with Crippen molar-refractivity contribution in [2.75, 3.05) is 13.1 Å². The standard InChI is InChI=1S/C16H25N5/c17-20-16(18-14-6-7-14)19-15-8-10-21(11-9-15)12-13-4-2-1-3-5-13/h1-5,14-15H,6-12,17H2,(H2,18,19,20). The highest BCUT2D eigenvalue weighted by Crippen LogP contribution is 2.19. The van der Waals surface area contributed by atoms with Crippen molar-refractivity contribution in [1.82, 2.24) is 15.6 Å². The second-order valence-electron chi connectivity index (χ2n) is 6.03. The summed E-state index contributed by atoms with van der Waals surface area (Å²) in [5.74, 6) is 6.30. The Hall–Kier alpha value is -1.59. The zero-order chi connectivity index (χ0) is 14.5. The number of hydrogen-bond donors (Lipinski definition) is 3. The highest BCUT2D eigenvalue weighted by molar-refractivity contribution is 5.79. The number of hydrazine groups is 1. The molecule has 0 spiro atoms. The van der Waals surface area contributed by atoms with Crippen molar-refractivity contribution in [1.29, 1.82) is 0 Å². The van der Waals surface area contributed by atoms with Crippen molar-refractivity contribution in [3.05, 3.63) is 35.9 Å². The maximum Gasteiger partial charge on any atom is 0.206 e. The number of nitrogens with zero attached hydrogens (tertiary/aromatic N) is 2. The van der Waals surface area contributed by atoms with E-state index in [1.807, 2.05) is 0 Å². The van der Waals surface area contributed by atoms with Gasteiger partial charge in [0.1, 0.15) is 0 Å². The van der Waals surface area contributed by atoms with Gasteiger partial charge in [-0.25, -0.2) is 10.8 Å². The Kier molecular flexibility index (Phi) is 4.72. The van der Waals surface area contributed by atoms with Crippen molar-refractivity contribution in [3.8, 4) is 0 Å². The van der Waals surface area contributed by atoms with E-state index in [0.717, 1.165) is 38.4 Å². The molecule has 1 aliphatic heterocycles. The Morgan fingerprint density at radius 3 is 2.48 bits per heavy atom. The minimum atomic E-state index is 0.384. The van der Waals surface area contributed by atoms with Crippen LogP contribution < -0.4 is 16.6 Å². The maximum atomic E-state index is 5.54. The molecule has 2 aliphatic rings. The van der Waals surface area contributed by atoms with Gasteiger partial charge >= 0.3 is 0 Å². The number of guanidine groups is 1. The Morgan fingerprint density at radius 1 is 1.14 bits per heavy atom. The molecule has 0 bridgehead atoms. The predicted molar refractivity (Wildman–Crippen MR) is 85.7 cm³/mol. The lowest BCUT2D eigenvalue weighted by Gasteiger charge is -2.30. The minimum Gasteiger partial charge on any atom is -0.353 e.